The van der Waals surface area contributed by atoms with Gasteiger partial charge in [-0.25, -0.2) is 0 Å². The van der Waals surface area contributed by atoms with Gasteiger partial charge in [-0.3, -0.25) is 9.59 Å². The molecule has 0 saturated heterocycles. The molecule has 1 aliphatic rings. The monoisotopic (exact) mass is 276 g/mol. The quantitative estimate of drug-likeness (QED) is 0.501. The number of hydrogen-bond acceptors (Lipinski definition) is 3. The zero-order valence-electron chi connectivity index (χ0n) is 11.4. The number of anilines is 1. The normalized spacial score (nSPS) is 12.5. The summed E-state index contributed by atoms with van der Waals surface area (Å²) < 4.78 is 1.54. The lowest BCUT2D eigenvalue weighted by Gasteiger charge is -2.10. The van der Waals surface area contributed by atoms with Crippen molar-refractivity contribution in [2.24, 2.45) is 7.05 Å². The number of hydrogen-bond donors (Lipinski definition) is 1. The highest BCUT2D eigenvalue weighted by atomic mass is 16.1. The van der Waals surface area contributed by atoms with Crippen LogP contribution in [0.25, 0.3) is 22.0 Å². The first-order valence-electron chi connectivity index (χ1n) is 6.66. The van der Waals surface area contributed by atoms with Gasteiger partial charge in [-0.2, -0.15) is 0 Å². The summed E-state index contributed by atoms with van der Waals surface area (Å²) in [7, 11) is 1.69. The van der Waals surface area contributed by atoms with E-state index in [1.807, 2.05) is 18.2 Å². The van der Waals surface area contributed by atoms with Gasteiger partial charge in [-0.15, -0.1) is 0 Å². The second-order valence-electron chi connectivity index (χ2n) is 5.27. The van der Waals surface area contributed by atoms with Gasteiger partial charge in [-0.1, -0.05) is 30.3 Å². The van der Waals surface area contributed by atoms with Crippen molar-refractivity contribution in [1.29, 1.82) is 0 Å². The maximum Gasteiger partial charge on any atom is 0.258 e. The first-order valence-corrected chi connectivity index (χ1v) is 6.66. The van der Waals surface area contributed by atoms with Gasteiger partial charge in [-0.05, 0) is 12.1 Å². The van der Waals surface area contributed by atoms with Gasteiger partial charge in [0.15, 0.2) is 5.78 Å². The minimum Gasteiger partial charge on any atom is -0.399 e. The van der Waals surface area contributed by atoms with E-state index < -0.39 is 0 Å². The molecule has 0 spiro atoms. The Morgan fingerprint density at radius 3 is 2.43 bits per heavy atom. The summed E-state index contributed by atoms with van der Waals surface area (Å²) in [6.07, 6.45) is 0. The Kier molecular flexibility index (Phi) is 2.17. The lowest BCUT2D eigenvalue weighted by Crippen LogP contribution is -2.20. The van der Waals surface area contributed by atoms with Gasteiger partial charge in [0.2, 0.25) is 0 Å². The first-order chi connectivity index (χ1) is 10.1. The standard InChI is InChI=1S/C17H12N2O2/c1-19-15-11-4-2-3-5-12(11)16(20)14(15)10-7-6-9(18)8-13(10)17(19)21/h2-8H,18H2,1H3. The third-order valence-corrected chi connectivity index (χ3v) is 4.07. The molecule has 0 bridgehead atoms. The summed E-state index contributed by atoms with van der Waals surface area (Å²) in [6, 6.07) is 12.5. The smallest absolute Gasteiger partial charge is 0.258 e. The molecular weight excluding hydrogens is 264 g/mol. The second-order valence-corrected chi connectivity index (χ2v) is 5.27. The number of nitrogens with zero attached hydrogens (tertiary/aromatic N) is 1. The van der Waals surface area contributed by atoms with Crippen molar-refractivity contribution in [2.45, 2.75) is 0 Å². The van der Waals surface area contributed by atoms with Crippen LogP contribution in [0.2, 0.25) is 0 Å². The predicted molar refractivity (Wildman–Crippen MR) is 82.5 cm³/mol. The molecular formula is C17H12N2O2. The van der Waals surface area contributed by atoms with E-state index in [9.17, 15) is 9.59 Å². The molecule has 0 fully saturated rings. The number of nitrogens with two attached hydrogens (primary N) is 1. The number of carbonyl (C=O) groups excluding carboxylic acids is 1. The van der Waals surface area contributed by atoms with E-state index in [1.165, 1.54) is 0 Å². The molecule has 4 heteroatoms. The number of benzene rings is 2. The molecule has 21 heavy (non-hydrogen) atoms. The van der Waals surface area contributed by atoms with Crippen molar-refractivity contribution in [3.05, 3.63) is 63.9 Å². The fraction of sp³-hybridized carbons (Fsp3) is 0.0588. The fourth-order valence-corrected chi connectivity index (χ4v) is 3.10. The van der Waals surface area contributed by atoms with Crippen LogP contribution in [0.15, 0.2) is 47.3 Å². The van der Waals surface area contributed by atoms with Crippen LogP contribution in [0.1, 0.15) is 15.9 Å². The third kappa shape index (κ3) is 1.39. The molecule has 102 valence electrons. The molecule has 2 N–H and O–H groups in total. The largest absolute Gasteiger partial charge is 0.399 e. The summed E-state index contributed by atoms with van der Waals surface area (Å²) in [5.41, 5.74) is 8.90. The van der Waals surface area contributed by atoms with E-state index >= 15 is 0 Å². The summed E-state index contributed by atoms with van der Waals surface area (Å²) in [4.78, 5) is 25.3. The number of aromatic nitrogens is 1. The Balaban J connectivity index is 2.28. The van der Waals surface area contributed by atoms with Crippen molar-refractivity contribution in [3.63, 3.8) is 0 Å². The molecule has 2 aromatic carbocycles. The molecule has 0 atom stereocenters. The summed E-state index contributed by atoms with van der Waals surface area (Å²) >= 11 is 0. The van der Waals surface area contributed by atoms with Crippen molar-refractivity contribution >= 4 is 22.2 Å². The van der Waals surface area contributed by atoms with Gasteiger partial charge in [0.1, 0.15) is 0 Å². The van der Waals surface area contributed by atoms with Crippen LogP contribution in [0.4, 0.5) is 5.69 Å². The topological polar surface area (TPSA) is 65.1 Å². The number of nitrogen functional groups attached to an aromatic ring is 1. The summed E-state index contributed by atoms with van der Waals surface area (Å²) in [5, 5.41) is 1.15. The Labute approximate surface area is 120 Å². The zero-order chi connectivity index (χ0) is 14.7. The lowest BCUT2D eigenvalue weighted by atomic mass is 10.0. The lowest BCUT2D eigenvalue weighted by molar-refractivity contribution is 0.104. The second kappa shape index (κ2) is 3.82. The molecule has 1 aliphatic carbocycles. The zero-order valence-corrected chi connectivity index (χ0v) is 11.4. The summed E-state index contributed by atoms with van der Waals surface area (Å²) in [6.45, 7) is 0. The maximum atomic E-state index is 12.7. The van der Waals surface area contributed by atoms with E-state index in [4.69, 9.17) is 5.73 Å². The van der Waals surface area contributed by atoms with Crippen LogP contribution in [-0.4, -0.2) is 10.4 Å². The van der Waals surface area contributed by atoms with Gasteiger partial charge in [0, 0.05) is 34.6 Å². The minimum absolute atomic E-state index is 0.0361. The van der Waals surface area contributed by atoms with Crippen LogP contribution >= 0.6 is 0 Å². The average Bonchev–Trinajstić information content (AvgIpc) is 2.79. The first kappa shape index (κ1) is 11.9. The molecule has 1 heterocycles. The fourth-order valence-electron chi connectivity index (χ4n) is 3.10. The van der Waals surface area contributed by atoms with Gasteiger partial charge < -0.3 is 10.3 Å². The van der Waals surface area contributed by atoms with Crippen molar-refractivity contribution in [3.8, 4) is 11.3 Å². The highest BCUT2D eigenvalue weighted by Gasteiger charge is 2.31. The van der Waals surface area contributed by atoms with Crippen LogP contribution < -0.4 is 11.3 Å². The molecule has 3 aromatic rings. The van der Waals surface area contributed by atoms with Crippen LogP contribution in [0, 0.1) is 0 Å². The highest BCUT2D eigenvalue weighted by Crippen LogP contribution is 2.38. The molecule has 0 unspecified atom stereocenters. The van der Waals surface area contributed by atoms with E-state index in [0.29, 0.717) is 33.3 Å². The summed E-state index contributed by atoms with van der Waals surface area (Å²) in [5.74, 6) is -0.0361. The molecule has 0 aliphatic heterocycles. The van der Waals surface area contributed by atoms with Crippen LogP contribution in [-0.2, 0) is 7.05 Å². The van der Waals surface area contributed by atoms with Crippen LogP contribution in [0.3, 0.4) is 0 Å². The van der Waals surface area contributed by atoms with Crippen molar-refractivity contribution in [2.75, 3.05) is 5.73 Å². The van der Waals surface area contributed by atoms with Crippen molar-refractivity contribution < 1.29 is 4.79 Å². The molecule has 0 amide bonds. The van der Waals surface area contributed by atoms with E-state index in [-0.39, 0.29) is 11.3 Å². The average molecular weight is 276 g/mol. The van der Waals surface area contributed by atoms with Crippen molar-refractivity contribution in [1.82, 2.24) is 4.57 Å². The molecule has 0 radical (unpaired) electrons. The Morgan fingerprint density at radius 1 is 0.952 bits per heavy atom. The number of ketones is 1. The minimum atomic E-state index is -0.138. The van der Waals surface area contributed by atoms with E-state index in [1.54, 1.807) is 35.9 Å². The molecule has 4 nitrogen and oxygen atoms in total. The number of fused-ring (bicyclic) bond motifs is 5. The highest BCUT2D eigenvalue weighted by molar-refractivity contribution is 6.26. The number of pyridine rings is 1. The molecule has 1 aromatic heterocycles. The van der Waals surface area contributed by atoms with Gasteiger partial charge in [0.25, 0.3) is 5.56 Å². The molecule has 0 saturated carbocycles. The Hall–Kier alpha value is -2.88. The van der Waals surface area contributed by atoms with E-state index in [2.05, 4.69) is 0 Å². The van der Waals surface area contributed by atoms with Gasteiger partial charge >= 0.3 is 0 Å². The SMILES string of the molecule is Cn1c2c(c3ccc(N)cc3c1=O)C(=O)c1ccccc1-2. The van der Waals surface area contributed by atoms with E-state index in [0.717, 1.165) is 5.56 Å². The van der Waals surface area contributed by atoms with Crippen LogP contribution in [0.5, 0.6) is 0 Å². The molecule has 4 rings (SSSR count). The number of carbonyl (C=O) groups is 1. The predicted octanol–water partition coefficient (Wildman–Crippen LogP) is 2.33. The maximum absolute atomic E-state index is 12.7. The number of rotatable bonds is 0. The van der Waals surface area contributed by atoms with Gasteiger partial charge in [0.05, 0.1) is 11.3 Å². The third-order valence-electron chi connectivity index (χ3n) is 4.07. The Bertz CT molecular complexity index is 1000. The Morgan fingerprint density at radius 2 is 1.67 bits per heavy atom.